The lowest BCUT2D eigenvalue weighted by atomic mass is 10.1. The van der Waals surface area contributed by atoms with E-state index in [0.717, 1.165) is 6.26 Å². The minimum Gasteiger partial charge on any atom is -0.310 e. The van der Waals surface area contributed by atoms with Crippen LogP contribution in [0.15, 0.2) is 12.1 Å². The third-order valence-corrected chi connectivity index (χ3v) is 4.02. The summed E-state index contributed by atoms with van der Waals surface area (Å²) in [4.78, 5) is 0. The maximum atomic E-state index is 13.4. The molecule has 0 fully saturated rings. The monoisotopic (exact) mass is 342 g/mol. The van der Waals surface area contributed by atoms with Crippen LogP contribution in [0.2, 0.25) is 10.0 Å². The molecule has 0 saturated carbocycles. The second-order valence-corrected chi connectivity index (χ2v) is 7.13. The van der Waals surface area contributed by atoms with Gasteiger partial charge in [-0.05, 0) is 37.6 Å². The summed E-state index contributed by atoms with van der Waals surface area (Å²) >= 11 is 11.6. The van der Waals surface area contributed by atoms with Crippen LogP contribution in [0.4, 0.5) is 4.39 Å². The fraction of sp³-hybridized carbons (Fsp3) is 0.500. The van der Waals surface area contributed by atoms with Gasteiger partial charge in [-0.1, -0.05) is 23.2 Å². The Morgan fingerprint density at radius 1 is 1.25 bits per heavy atom. The predicted octanol–water partition coefficient (Wildman–Crippen LogP) is 2.72. The number of hydrogen-bond acceptors (Lipinski definition) is 3. The van der Waals surface area contributed by atoms with Gasteiger partial charge < -0.3 is 5.32 Å². The highest BCUT2D eigenvalue weighted by Crippen LogP contribution is 2.28. The van der Waals surface area contributed by atoms with Gasteiger partial charge in [0.15, 0.2) is 0 Å². The van der Waals surface area contributed by atoms with Gasteiger partial charge in [-0.3, -0.25) is 0 Å². The maximum Gasteiger partial charge on any atom is 0.208 e. The molecule has 4 nitrogen and oxygen atoms in total. The van der Waals surface area contributed by atoms with E-state index in [9.17, 15) is 12.8 Å². The molecule has 0 radical (unpaired) electrons. The quantitative estimate of drug-likeness (QED) is 0.591. The molecule has 1 unspecified atom stereocenters. The topological polar surface area (TPSA) is 58.2 Å². The largest absolute Gasteiger partial charge is 0.310 e. The molecule has 0 bridgehead atoms. The normalized spacial score (nSPS) is 13.4. The number of rotatable bonds is 7. The Balaban J connectivity index is 2.47. The van der Waals surface area contributed by atoms with E-state index in [2.05, 4.69) is 10.0 Å². The van der Waals surface area contributed by atoms with E-state index in [1.54, 1.807) is 0 Å². The fourth-order valence-corrected chi connectivity index (χ4v) is 2.71. The van der Waals surface area contributed by atoms with E-state index >= 15 is 0 Å². The van der Waals surface area contributed by atoms with Gasteiger partial charge >= 0.3 is 0 Å². The second kappa shape index (κ2) is 7.56. The third-order valence-electron chi connectivity index (χ3n) is 2.67. The van der Waals surface area contributed by atoms with Crippen LogP contribution in [0.5, 0.6) is 0 Å². The minimum atomic E-state index is -3.16. The van der Waals surface area contributed by atoms with E-state index in [0.29, 0.717) is 30.1 Å². The third kappa shape index (κ3) is 5.93. The fourth-order valence-electron chi connectivity index (χ4n) is 1.64. The molecule has 0 aliphatic carbocycles. The van der Waals surface area contributed by atoms with Gasteiger partial charge in [0.05, 0.1) is 11.3 Å². The highest BCUT2D eigenvalue weighted by Gasteiger charge is 2.12. The number of hydrogen-bond donors (Lipinski definition) is 2. The molecule has 0 saturated heterocycles. The number of benzene rings is 1. The van der Waals surface area contributed by atoms with Gasteiger partial charge in [0.1, 0.15) is 5.82 Å². The molecule has 1 atom stereocenters. The summed E-state index contributed by atoms with van der Waals surface area (Å²) < 4.78 is 37.5. The molecule has 8 heteroatoms. The number of halogens is 3. The Bertz CT molecular complexity index is 567. The van der Waals surface area contributed by atoms with Crippen LogP contribution in [0.1, 0.15) is 24.9 Å². The van der Waals surface area contributed by atoms with Crippen LogP contribution in [0.25, 0.3) is 0 Å². The average Bonchev–Trinajstić information content (AvgIpc) is 2.31. The van der Waals surface area contributed by atoms with Crippen molar-refractivity contribution in [3.63, 3.8) is 0 Å². The molecule has 0 aromatic heterocycles. The molecule has 114 valence electrons. The van der Waals surface area contributed by atoms with Crippen molar-refractivity contribution >= 4 is 33.2 Å². The van der Waals surface area contributed by atoms with E-state index in [4.69, 9.17) is 23.2 Å². The Morgan fingerprint density at radius 2 is 1.90 bits per heavy atom. The molecule has 0 amide bonds. The van der Waals surface area contributed by atoms with E-state index in [1.165, 1.54) is 12.1 Å². The zero-order valence-electron chi connectivity index (χ0n) is 11.2. The first-order chi connectivity index (χ1) is 9.20. The summed E-state index contributed by atoms with van der Waals surface area (Å²) in [6.07, 6.45) is 1.73. The van der Waals surface area contributed by atoms with Crippen molar-refractivity contribution in [1.82, 2.24) is 10.0 Å². The molecule has 0 heterocycles. The Morgan fingerprint density at radius 3 is 2.50 bits per heavy atom. The van der Waals surface area contributed by atoms with Crippen LogP contribution in [0.3, 0.4) is 0 Å². The van der Waals surface area contributed by atoms with Crippen molar-refractivity contribution in [1.29, 1.82) is 0 Å². The second-order valence-electron chi connectivity index (χ2n) is 4.48. The minimum absolute atomic E-state index is 0.0108. The standard InChI is InChI=1S/C12H17Cl2FN2O2S/c1-8(16-4-3-5-17-20(2,18)19)9-6-12(15)11(14)7-10(9)13/h6-8,16-17H,3-5H2,1-2H3. The van der Waals surface area contributed by atoms with Gasteiger partial charge in [-0.2, -0.15) is 0 Å². The van der Waals surface area contributed by atoms with E-state index in [1.807, 2.05) is 6.92 Å². The molecule has 2 N–H and O–H groups in total. The zero-order chi connectivity index (χ0) is 15.3. The number of sulfonamides is 1. The molecule has 20 heavy (non-hydrogen) atoms. The first kappa shape index (κ1) is 17.7. The number of nitrogens with one attached hydrogen (secondary N) is 2. The van der Waals surface area contributed by atoms with Crippen molar-refractivity contribution in [3.8, 4) is 0 Å². The van der Waals surface area contributed by atoms with Crippen LogP contribution in [-0.4, -0.2) is 27.8 Å². The molecule has 1 aromatic carbocycles. The SMILES string of the molecule is CC(NCCCNS(C)(=O)=O)c1cc(F)c(Cl)cc1Cl. The summed E-state index contributed by atoms with van der Waals surface area (Å²) in [6, 6.07) is 2.52. The molecule has 1 rings (SSSR count). The zero-order valence-corrected chi connectivity index (χ0v) is 13.5. The van der Waals surface area contributed by atoms with E-state index in [-0.39, 0.29) is 11.1 Å². The van der Waals surface area contributed by atoms with Crippen LogP contribution >= 0.6 is 23.2 Å². The lowest BCUT2D eigenvalue weighted by Gasteiger charge is -2.16. The highest BCUT2D eigenvalue weighted by atomic mass is 35.5. The van der Waals surface area contributed by atoms with Crippen molar-refractivity contribution in [2.45, 2.75) is 19.4 Å². The Labute approximate surface area is 128 Å². The van der Waals surface area contributed by atoms with Crippen LogP contribution in [-0.2, 0) is 10.0 Å². The lowest BCUT2D eigenvalue weighted by Crippen LogP contribution is -2.27. The van der Waals surface area contributed by atoms with Crippen LogP contribution in [0, 0.1) is 5.82 Å². The first-order valence-corrected chi connectivity index (χ1v) is 8.68. The van der Waals surface area contributed by atoms with Gasteiger partial charge in [0.25, 0.3) is 0 Å². The summed E-state index contributed by atoms with van der Waals surface area (Å²) in [7, 11) is -3.16. The van der Waals surface area contributed by atoms with Crippen molar-refractivity contribution in [2.75, 3.05) is 19.3 Å². The molecule has 0 aliphatic rings. The highest BCUT2D eigenvalue weighted by molar-refractivity contribution is 7.88. The first-order valence-electron chi connectivity index (χ1n) is 6.03. The molecule has 1 aromatic rings. The smallest absolute Gasteiger partial charge is 0.208 e. The van der Waals surface area contributed by atoms with Crippen molar-refractivity contribution < 1.29 is 12.8 Å². The lowest BCUT2D eigenvalue weighted by molar-refractivity contribution is 0.544. The Hall–Kier alpha value is -0.400. The summed E-state index contributed by atoms with van der Waals surface area (Å²) in [5, 5.41) is 3.53. The molecule has 0 aliphatic heterocycles. The Kier molecular flexibility index (Phi) is 6.68. The molecule has 0 spiro atoms. The van der Waals surface area contributed by atoms with Gasteiger partial charge in [0, 0.05) is 17.6 Å². The predicted molar refractivity (Wildman–Crippen MR) is 80.3 cm³/mol. The average molecular weight is 343 g/mol. The van der Waals surface area contributed by atoms with Gasteiger partial charge in [0.2, 0.25) is 10.0 Å². The van der Waals surface area contributed by atoms with Gasteiger partial charge in [-0.15, -0.1) is 0 Å². The summed E-state index contributed by atoms with van der Waals surface area (Å²) in [5.74, 6) is -0.515. The van der Waals surface area contributed by atoms with Gasteiger partial charge in [-0.25, -0.2) is 17.5 Å². The summed E-state index contributed by atoms with van der Waals surface area (Å²) in [6.45, 7) is 2.77. The van der Waals surface area contributed by atoms with Crippen molar-refractivity contribution in [2.24, 2.45) is 0 Å². The maximum absolute atomic E-state index is 13.4. The van der Waals surface area contributed by atoms with Crippen molar-refractivity contribution in [3.05, 3.63) is 33.6 Å². The van der Waals surface area contributed by atoms with Crippen LogP contribution < -0.4 is 10.0 Å². The molecular weight excluding hydrogens is 326 g/mol. The summed E-state index contributed by atoms with van der Waals surface area (Å²) in [5.41, 5.74) is 0.615. The molecular formula is C12H17Cl2FN2O2S. The van der Waals surface area contributed by atoms with E-state index < -0.39 is 15.8 Å².